The molecule has 0 aliphatic rings. The van der Waals surface area contributed by atoms with Crippen LogP contribution in [-0.4, -0.2) is 26.3 Å². The number of halogens is 1. The number of sulfone groups is 1. The normalized spacial score (nSPS) is 15.3. The van der Waals surface area contributed by atoms with Crippen LogP contribution in [0.4, 0.5) is 4.39 Å². The van der Waals surface area contributed by atoms with E-state index in [0.29, 0.717) is 6.42 Å². The smallest absolute Gasteiger partial charge is 0.181 e. The van der Waals surface area contributed by atoms with Crippen molar-refractivity contribution in [2.45, 2.75) is 43.4 Å². The molecule has 0 aliphatic heterocycles. The first kappa shape index (κ1) is 15.1. The predicted octanol–water partition coefficient (Wildman–Crippen LogP) is 2.38. The Labute approximate surface area is 108 Å². The molecule has 0 spiro atoms. The van der Waals surface area contributed by atoms with Crippen LogP contribution in [0.3, 0.4) is 0 Å². The molecule has 5 heteroatoms. The molecule has 1 N–H and O–H groups in total. The maximum atomic E-state index is 13.1. The largest absolute Gasteiger partial charge is 0.314 e. The van der Waals surface area contributed by atoms with Crippen LogP contribution >= 0.6 is 0 Å². The van der Waals surface area contributed by atoms with Crippen LogP contribution in [0.15, 0.2) is 29.2 Å². The topological polar surface area (TPSA) is 46.2 Å². The Morgan fingerprint density at radius 1 is 1.33 bits per heavy atom. The lowest BCUT2D eigenvalue weighted by molar-refractivity contribution is 0.508. The zero-order valence-electron chi connectivity index (χ0n) is 11.0. The first-order valence-corrected chi connectivity index (χ1v) is 7.65. The molecule has 2 atom stereocenters. The number of nitrogens with one attached hydrogen (secondary N) is 1. The molecular weight excluding hydrogens is 253 g/mol. The minimum Gasteiger partial charge on any atom is -0.314 e. The lowest BCUT2D eigenvalue weighted by Crippen LogP contribution is -2.32. The van der Waals surface area contributed by atoms with Crippen LogP contribution in [-0.2, 0) is 9.84 Å². The van der Waals surface area contributed by atoms with Crippen LogP contribution in [0, 0.1) is 5.82 Å². The molecule has 18 heavy (non-hydrogen) atoms. The summed E-state index contributed by atoms with van der Waals surface area (Å²) < 4.78 is 37.5. The van der Waals surface area contributed by atoms with Crippen LogP contribution in [0.2, 0.25) is 0 Å². The number of rotatable bonds is 6. The summed E-state index contributed by atoms with van der Waals surface area (Å²) in [5.41, 5.74) is 0. The Balaban J connectivity index is 2.86. The van der Waals surface area contributed by atoms with Crippen LogP contribution in [0.1, 0.15) is 27.2 Å². The summed E-state index contributed by atoms with van der Waals surface area (Å²) >= 11 is 0. The predicted molar refractivity (Wildman–Crippen MR) is 70.8 cm³/mol. The van der Waals surface area contributed by atoms with E-state index in [1.54, 1.807) is 6.92 Å². The molecule has 0 saturated carbocycles. The van der Waals surface area contributed by atoms with E-state index in [2.05, 4.69) is 5.32 Å². The Bertz CT molecular complexity index is 488. The molecule has 0 heterocycles. The van der Waals surface area contributed by atoms with Gasteiger partial charge in [0.2, 0.25) is 0 Å². The third-order valence-corrected chi connectivity index (χ3v) is 5.06. The molecule has 0 fully saturated rings. The van der Waals surface area contributed by atoms with Crippen molar-refractivity contribution in [2.75, 3.05) is 6.54 Å². The van der Waals surface area contributed by atoms with Gasteiger partial charge < -0.3 is 5.32 Å². The van der Waals surface area contributed by atoms with Gasteiger partial charge in [-0.15, -0.1) is 0 Å². The van der Waals surface area contributed by atoms with Crippen molar-refractivity contribution >= 4 is 9.84 Å². The van der Waals surface area contributed by atoms with Gasteiger partial charge in [-0.2, -0.15) is 0 Å². The van der Waals surface area contributed by atoms with Crippen LogP contribution in [0.5, 0.6) is 0 Å². The summed E-state index contributed by atoms with van der Waals surface area (Å²) in [5.74, 6) is -0.525. The van der Waals surface area contributed by atoms with Gasteiger partial charge in [0, 0.05) is 6.04 Å². The van der Waals surface area contributed by atoms with Crippen LogP contribution in [0.25, 0.3) is 0 Å². The summed E-state index contributed by atoms with van der Waals surface area (Å²) in [6.45, 7) is 6.38. The third-order valence-electron chi connectivity index (χ3n) is 2.89. The second-order valence-corrected chi connectivity index (χ2v) is 6.87. The van der Waals surface area contributed by atoms with Crippen molar-refractivity contribution in [3.05, 3.63) is 30.1 Å². The fourth-order valence-corrected chi connectivity index (χ4v) is 3.48. The van der Waals surface area contributed by atoms with E-state index < -0.39 is 20.9 Å². The van der Waals surface area contributed by atoms with Crippen molar-refractivity contribution < 1.29 is 12.8 Å². The number of hydrogen-bond donors (Lipinski definition) is 1. The lowest BCUT2D eigenvalue weighted by Gasteiger charge is -2.18. The first-order chi connectivity index (χ1) is 8.37. The van der Waals surface area contributed by atoms with Crippen molar-refractivity contribution in [3.8, 4) is 0 Å². The molecule has 0 aromatic heterocycles. The maximum Gasteiger partial charge on any atom is 0.181 e. The molecule has 1 rings (SSSR count). The minimum atomic E-state index is -3.45. The summed E-state index contributed by atoms with van der Waals surface area (Å²) in [6.07, 6.45) is 0.507. The Morgan fingerprint density at radius 3 is 2.56 bits per heavy atom. The Kier molecular flexibility index (Phi) is 5.28. The fourth-order valence-electron chi connectivity index (χ4n) is 1.93. The second-order valence-electron chi connectivity index (χ2n) is 4.51. The maximum absolute atomic E-state index is 13.1. The standard InChI is InChI=1S/C13H20FNO2S/c1-4-15-10(2)8-11(3)18(16,17)13-7-5-6-12(14)9-13/h5-7,9-11,15H,4,8H2,1-3H3. The fraction of sp³-hybridized carbons (Fsp3) is 0.538. The SMILES string of the molecule is CCNC(C)CC(C)S(=O)(=O)c1cccc(F)c1. The quantitative estimate of drug-likeness (QED) is 0.865. The second kappa shape index (κ2) is 6.29. The summed E-state index contributed by atoms with van der Waals surface area (Å²) in [4.78, 5) is 0.0544. The van der Waals surface area contributed by atoms with Crippen molar-refractivity contribution in [3.63, 3.8) is 0 Å². The van der Waals surface area contributed by atoms with Gasteiger partial charge in [-0.05, 0) is 45.0 Å². The minimum absolute atomic E-state index is 0.0544. The number of benzene rings is 1. The zero-order chi connectivity index (χ0) is 13.8. The third kappa shape index (κ3) is 3.78. The van der Waals surface area contributed by atoms with Gasteiger partial charge in [-0.3, -0.25) is 0 Å². The Hall–Kier alpha value is -0.940. The lowest BCUT2D eigenvalue weighted by atomic mass is 10.2. The van der Waals surface area contributed by atoms with Gasteiger partial charge >= 0.3 is 0 Å². The van der Waals surface area contributed by atoms with Gasteiger partial charge in [-0.1, -0.05) is 13.0 Å². The van der Waals surface area contributed by atoms with Gasteiger partial charge in [-0.25, -0.2) is 12.8 Å². The average Bonchev–Trinajstić information content (AvgIpc) is 2.29. The zero-order valence-corrected chi connectivity index (χ0v) is 11.8. The molecule has 0 radical (unpaired) electrons. The van der Waals surface area contributed by atoms with Crippen LogP contribution < -0.4 is 5.32 Å². The molecule has 3 nitrogen and oxygen atoms in total. The monoisotopic (exact) mass is 273 g/mol. The van der Waals surface area contributed by atoms with E-state index in [9.17, 15) is 12.8 Å². The molecule has 1 aromatic carbocycles. The average molecular weight is 273 g/mol. The Morgan fingerprint density at radius 2 is 2.00 bits per heavy atom. The van der Waals surface area contributed by atoms with Gasteiger partial charge in [0.05, 0.1) is 10.1 Å². The summed E-state index contributed by atoms with van der Waals surface area (Å²) in [5, 5.41) is 2.64. The molecule has 0 saturated heterocycles. The molecule has 0 amide bonds. The van der Waals surface area contributed by atoms with Gasteiger partial charge in [0.25, 0.3) is 0 Å². The van der Waals surface area contributed by atoms with E-state index in [4.69, 9.17) is 0 Å². The van der Waals surface area contributed by atoms with Crippen molar-refractivity contribution in [1.29, 1.82) is 0 Å². The summed E-state index contributed by atoms with van der Waals surface area (Å²) in [7, 11) is -3.45. The van der Waals surface area contributed by atoms with E-state index in [0.717, 1.165) is 12.6 Å². The molecular formula is C13H20FNO2S. The van der Waals surface area contributed by atoms with Crippen molar-refractivity contribution in [1.82, 2.24) is 5.32 Å². The highest BCUT2D eigenvalue weighted by atomic mass is 32.2. The molecule has 102 valence electrons. The van der Waals surface area contributed by atoms with Crippen molar-refractivity contribution in [2.24, 2.45) is 0 Å². The van der Waals surface area contributed by atoms with E-state index >= 15 is 0 Å². The summed E-state index contributed by atoms with van der Waals surface area (Å²) in [6, 6.07) is 5.29. The van der Waals surface area contributed by atoms with Gasteiger partial charge in [0.1, 0.15) is 5.82 Å². The highest BCUT2D eigenvalue weighted by Crippen LogP contribution is 2.19. The van der Waals surface area contributed by atoms with E-state index in [-0.39, 0.29) is 10.9 Å². The van der Waals surface area contributed by atoms with E-state index in [1.165, 1.54) is 18.2 Å². The van der Waals surface area contributed by atoms with E-state index in [1.807, 2.05) is 13.8 Å². The highest BCUT2D eigenvalue weighted by Gasteiger charge is 2.25. The molecule has 2 unspecified atom stereocenters. The highest BCUT2D eigenvalue weighted by molar-refractivity contribution is 7.92. The first-order valence-electron chi connectivity index (χ1n) is 6.10. The molecule has 0 aliphatic carbocycles. The molecule has 0 bridgehead atoms. The molecule has 1 aromatic rings. The van der Waals surface area contributed by atoms with Gasteiger partial charge in [0.15, 0.2) is 9.84 Å². The number of hydrogen-bond acceptors (Lipinski definition) is 3.